The van der Waals surface area contributed by atoms with E-state index in [2.05, 4.69) is 23.4 Å². The molecular formula is C22H54N2O8P4. The molecule has 0 spiro atoms. The molecule has 0 bridgehead atoms. The van der Waals surface area contributed by atoms with Gasteiger partial charge < -0.3 is 32.5 Å². The molecule has 14 heteroatoms. The molecule has 0 aliphatic carbocycles. The predicted octanol–water partition coefficient (Wildman–Crippen LogP) is 4.15. The zero-order chi connectivity index (χ0) is 27.7. The average Bonchev–Trinajstić information content (AvgIpc) is 2.83. The van der Waals surface area contributed by atoms with Gasteiger partial charge in [-0.05, 0) is 40.0 Å². The quantitative estimate of drug-likeness (QED) is 0.151. The monoisotopic (exact) mass is 598 g/mol. The van der Waals surface area contributed by atoms with E-state index in [1.807, 2.05) is 4.90 Å². The fraction of sp³-hybridized carbons (Fsp3) is 1.00. The zero-order valence-electron chi connectivity index (χ0n) is 23.5. The first-order valence-electron chi connectivity index (χ1n) is 12.8. The number of hydrogen-bond donors (Lipinski definition) is 0. The second-order valence-electron chi connectivity index (χ2n) is 7.59. The highest BCUT2D eigenvalue weighted by atomic mass is 31.2. The van der Waals surface area contributed by atoms with E-state index >= 15 is 0 Å². The van der Waals surface area contributed by atoms with Crippen molar-refractivity contribution in [1.82, 2.24) is 9.80 Å². The summed E-state index contributed by atoms with van der Waals surface area (Å²) in [5.41, 5.74) is 0. The van der Waals surface area contributed by atoms with Crippen molar-refractivity contribution in [3.05, 3.63) is 0 Å². The highest BCUT2D eigenvalue weighted by molar-refractivity contribution is 7.54. The Morgan fingerprint density at radius 1 is 0.556 bits per heavy atom. The molecule has 2 atom stereocenters. The number of hydrogen-bond acceptors (Lipinski definition) is 10. The summed E-state index contributed by atoms with van der Waals surface area (Å²) in [6, 6.07) is 0. The van der Waals surface area contributed by atoms with Gasteiger partial charge in [0.25, 0.3) is 0 Å². The van der Waals surface area contributed by atoms with Crippen molar-refractivity contribution in [2.75, 3.05) is 118 Å². The molecule has 0 N–H and O–H groups in total. The maximum Gasteiger partial charge on any atom is 0.331 e. The third-order valence-corrected chi connectivity index (χ3v) is 9.42. The molecule has 36 heavy (non-hydrogen) atoms. The van der Waals surface area contributed by atoms with Crippen LogP contribution in [-0.2, 0) is 36.7 Å². The number of ether oxygens (including phenoxy) is 2. The normalized spacial score (nSPS) is 12.3. The first kappa shape index (κ1) is 39.1. The van der Waals surface area contributed by atoms with E-state index in [9.17, 15) is 9.13 Å². The molecule has 0 saturated heterocycles. The van der Waals surface area contributed by atoms with Crippen LogP contribution >= 0.6 is 33.7 Å². The number of nitrogens with zero attached hydrogens (tertiary/aromatic N) is 2. The molecule has 0 aromatic heterocycles. The van der Waals surface area contributed by atoms with Gasteiger partial charge in [-0.15, -0.1) is 18.5 Å². The van der Waals surface area contributed by atoms with Crippen LogP contribution in [0.3, 0.4) is 0 Å². The lowest BCUT2D eigenvalue weighted by atomic mass is 10.5. The van der Waals surface area contributed by atoms with E-state index in [0.29, 0.717) is 52.7 Å². The van der Waals surface area contributed by atoms with Crippen molar-refractivity contribution in [3.8, 4) is 0 Å². The van der Waals surface area contributed by atoms with Crippen molar-refractivity contribution in [3.63, 3.8) is 0 Å². The standard InChI is InChI=1S/C15H35NO7P2.C7H19NOP2/c1-6-20-24(17,21-7-2)14-11-16(10-13-19-5)12-15-25(18,22-8-3)23-9-4;1-9-5-2-8(3-6-10)4-7-11/h6-15H2,1-5H3;2-7,10-11H2,1H3. The van der Waals surface area contributed by atoms with E-state index < -0.39 is 15.2 Å². The molecular weight excluding hydrogens is 544 g/mol. The van der Waals surface area contributed by atoms with E-state index in [1.54, 1.807) is 41.9 Å². The topological polar surface area (TPSA) is 96.0 Å². The first-order valence-corrected chi connectivity index (χ1v) is 17.9. The summed E-state index contributed by atoms with van der Waals surface area (Å²) in [6.45, 7) is 14.8. The van der Waals surface area contributed by atoms with E-state index in [1.165, 1.54) is 0 Å². The van der Waals surface area contributed by atoms with Crippen LogP contribution in [0.1, 0.15) is 27.7 Å². The van der Waals surface area contributed by atoms with Crippen LogP contribution in [0.15, 0.2) is 0 Å². The lowest BCUT2D eigenvalue weighted by Crippen LogP contribution is -2.33. The third-order valence-electron chi connectivity index (χ3n) is 4.80. The van der Waals surface area contributed by atoms with Crippen LogP contribution in [-0.4, -0.2) is 128 Å². The molecule has 10 nitrogen and oxygen atoms in total. The van der Waals surface area contributed by atoms with Gasteiger partial charge in [-0.1, -0.05) is 0 Å². The molecule has 0 rings (SSSR count). The van der Waals surface area contributed by atoms with Gasteiger partial charge in [0.15, 0.2) is 0 Å². The Balaban J connectivity index is 0. The summed E-state index contributed by atoms with van der Waals surface area (Å²) >= 11 is 0. The fourth-order valence-corrected chi connectivity index (χ4v) is 7.15. The van der Waals surface area contributed by atoms with E-state index in [-0.39, 0.29) is 12.3 Å². The van der Waals surface area contributed by atoms with Gasteiger partial charge >= 0.3 is 15.2 Å². The molecule has 2 unspecified atom stereocenters. The number of rotatable bonds is 24. The van der Waals surface area contributed by atoms with Gasteiger partial charge in [0.2, 0.25) is 0 Å². The Hall–Kier alpha value is 1.00. The molecule has 0 amide bonds. The van der Waals surface area contributed by atoms with Crippen LogP contribution < -0.4 is 0 Å². The summed E-state index contributed by atoms with van der Waals surface area (Å²) in [7, 11) is 2.65. The molecule has 0 aromatic carbocycles. The van der Waals surface area contributed by atoms with Crippen LogP contribution in [0.4, 0.5) is 0 Å². The molecule has 0 aliphatic rings. The number of methoxy groups -OCH3 is 2. The van der Waals surface area contributed by atoms with Crippen LogP contribution in [0, 0.1) is 0 Å². The van der Waals surface area contributed by atoms with Gasteiger partial charge in [0.1, 0.15) is 0 Å². The maximum absolute atomic E-state index is 12.6. The van der Waals surface area contributed by atoms with Crippen molar-refractivity contribution in [1.29, 1.82) is 0 Å². The molecule has 0 saturated carbocycles. The fourth-order valence-electron chi connectivity index (χ4n) is 3.12. The summed E-state index contributed by atoms with van der Waals surface area (Å²) in [5, 5.41) is 0. The molecule has 0 aromatic rings. The Morgan fingerprint density at radius 2 is 0.861 bits per heavy atom. The lowest BCUT2D eigenvalue weighted by molar-refractivity contribution is 0.149. The lowest BCUT2D eigenvalue weighted by Gasteiger charge is -2.26. The Labute approximate surface area is 225 Å². The van der Waals surface area contributed by atoms with Crippen molar-refractivity contribution in [2.45, 2.75) is 27.7 Å². The summed E-state index contributed by atoms with van der Waals surface area (Å²) in [6.07, 6.45) is 2.83. The van der Waals surface area contributed by atoms with Gasteiger partial charge in [-0.25, -0.2) is 0 Å². The summed E-state index contributed by atoms with van der Waals surface area (Å²) < 4.78 is 56.6. The average molecular weight is 599 g/mol. The highest BCUT2D eigenvalue weighted by Gasteiger charge is 2.27. The molecule has 0 heterocycles. The minimum atomic E-state index is -3.11. The smallest absolute Gasteiger partial charge is 0.331 e. The van der Waals surface area contributed by atoms with E-state index in [4.69, 9.17) is 27.6 Å². The minimum Gasteiger partial charge on any atom is -0.383 e. The maximum atomic E-state index is 12.6. The van der Waals surface area contributed by atoms with Gasteiger partial charge in [-0.2, -0.15) is 0 Å². The predicted molar refractivity (Wildman–Crippen MR) is 157 cm³/mol. The zero-order valence-corrected chi connectivity index (χ0v) is 27.6. The van der Waals surface area contributed by atoms with E-state index in [0.717, 1.165) is 38.6 Å². The van der Waals surface area contributed by atoms with Gasteiger partial charge in [-0.3, -0.25) is 14.0 Å². The highest BCUT2D eigenvalue weighted by Crippen LogP contribution is 2.49. The Bertz CT molecular complexity index is 518. The second-order valence-corrected chi connectivity index (χ2v) is 13.1. The van der Waals surface area contributed by atoms with Crippen LogP contribution in [0.25, 0.3) is 0 Å². The second kappa shape index (κ2) is 26.2. The Kier molecular flexibility index (Phi) is 28.5. The molecule has 0 radical (unpaired) electrons. The van der Waals surface area contributed by atoms with Crippen molar-refractivity contribution < 1.29 is 36.7 Å². The summed E-state index contributed by atoms with van der Waals surface area (Å²) in [5.74, 6) is 0. The van der Waals surface area contributed by atoms with Crippen LogP contribution in [0.5, 0.6) is 0 Å². The SMILES string of the molecule is CCOP(=O)(CCN(CCOC)CCP(=O)(OCC)OCC)OCC.COCCN(CCP)CCP. The minimum absolute atomic E-state index is 0.270. The third kappa shape index (κ3) is 21.9. The Morgan fingerprint density at radius 3 is 1.11 bits per heavy atom. The molecule has 0 fully saturated rings. The molecule has 0 aliphatic heterocycles. The molecule has 220 valence electrons. The summed E-state index contributed by atoms with van der Waals surface area (Å²) in [4.78, 5) is 4.42. The van der Waals surface area contributed by atoms with Crippen LogP contribution in [0.2, 0.25) is 0 Å². The largest absolute Gasteiger partial charge is 0.383 e. The van der Waals surface area contributed by atoms with Crippen molar-refractivity contribution in [2.24, 2.45) is 0 Å². The first-order chi connectivity index (χ1) is 17.2. The van der Waals surface area contributed by atoms with Crippen molar-refractivity contribution >= 4 is 33.7 Å². The van der Waals surface area contributed by atoms with Gasteiger partial charge in [0.05, 0.1) is 52.0 Å². The van der Waals surface area contributed by atoms with Gasteiger partial charge in [0, 0.05) is 53.5 Å².